The van der Waals surface area contributed by atoms with E-state index in [-0.39, 0.29) is 6.04 Å². The molecule has 0 saturated carbocycles. The predicted molar refractivity (Wildman–Crippen MR) is 83.0 cm³/mol. The van der Waals surface area contributed by atoms with Gasteiger partial charge in [0.25, 0.3) is 0 Å². The molecular formula is C16H15Cl2NO. The number of hydrogen-bond donors (Lipinski definition) is 1. The van der Waals surface area contributed by atoms with E-state index in [1.807, 2.05) is 18.2 Å². The van der Waals surface area contributed by atoms with Crippen molar-refractivity contribution in [1.29, 1.82) is 0 Å². The van der Waals surface area contributed by atoms with Crippen LogP contribution in [-0.2, 0) is 6.42 Å². The van der Waals surface area contributed by atoms with Crippen molar-refractivity contribution in [1.82, 2.24) is 5.32 Å². The molecule has 2 aromatic rings. The fourth-order valence-electron chi connectivity index (χ4n) is 2.71. The van der Waals surface area contributed by atoms with Crippen LogP contribution in [-0.4, -0.2) is 13.7 Å². The third kappa shape index (κ3) is 2.64. The van der Waals surface area contributed by atoms with Gasteiger partial charge in [-0.05, 0) is 53.4 Å². The molecule has 1 unspecified atom stereocenters. The van der Waals surface area contributed by atoms with Crippen LogP contribution in [0.3, 0.4) is 0 Å². The van der Waals surface area contributed by atoms with Gasteiger partial charge in [-0.15, -0.1) is 0 Å². The zero-order valence-corrected chi connectivity index (χ0v) is 12.6. The summed E-state index contributed by atoms with van der Waals surface area (Å²) in [7, 11) is 1.69. The van der Waals surface area contributed by atoms with Crippen LogP contribution in [0.5, 0.6) is 5.75 Å². The zero-order valence-electron chi connectivity index (χ0n) is 11.1. The predicted octanol–water partition coefficient (Wildman–Crippen LogP) is 4.24. The van der Waals surface area contributed by atoms with E-state index in [9.17, 15) is 0 Å². The Morgan fingerprint density at radius 1 is 1.10 bits per heavy atom. The molecule has 20 heavy (non-hydrogen) atoms. The van der Waals surface area contributed by atoms with E-state index in [0.29, 0.717) is 10.0 Å². The first-order valence-corrected chi connectivity index (χ1v) is 7.29. The van der Waals surface area contributed by atoms with Crippen LogP contribution in [0.1, 0.15) is 22.7 Å². The van der Waals surface area contributed by atoms with Crippen LogP contribution in [0.2, 0.25) is 10.0 Å². The van der Waals surface area contributed by atoms with Gasteiger partial charge in [-0.2, -0.15) is 0 Å². The van der Waals surface area contributed by atoms with E-state index in [0.717, 1.165) is 24.3 Å². The van der Waals surface area contributed by atoms with Crippen molar-refractivity contribution in [2.75, 3.05) is 13.7 Å². The Balaban J connectivity index is 2.05. The summed E-state index contributed by atoms with van der Waals surface area (Å²) in [6.07, 6.45) is 0.997. The minimum absolute atomic E-state index is 0.126. The molecule has 0 amide bonds. The third-order valence-corrected chi connectivity index (χ3v) is 4.06. The highest BCUT2D eigenvalue weighted by atomic mass is 35.5. The van der Waals surface area contributed by atoms with E-state index in [4.69, 9.17) is 27.9 Å². The highest BCUT2D eigenvalue weighted by Crippen LogP contribution is 2.33. The third-order valence-electron chi connectivity index (χ3n) is 3.62. The highest BCUT2D eigenvalue weighted by molar-refractivity contribution is 6.34. The molecular weight excluding hydrogens is 293 g/mol. The molecule has 1 aliphatic rings. The van der Waals surface area contributed by atoms with Gasteiger partial charge in [0.2, 0.25) is 0 Å². The van der Waals surface area contributed by atoms with Crippen LogP contribution in [0.15, 0.2) is 36.4 Å². The van der Waals surface area contributed by atoms with E-state index < -0.39 is 0 Å². The number of halogens is 2. The fourth-order valence-corrected chi connectivity index (χ4v) is 3.25. The van der Waals surface area contributed by atoms with Gasteiger partial charge < -0.3 is 10.1 Å². The Bertz CT molecular complexity index is 622. The van der Waals surface area contributed by atoms with Gasteiger partial charge in [0, 0.05) is 16.6 Å². The van der Waals surface area contributed by atoms with Crippen LogP contribution in [0.4, 0.5) is 0 Å². The summed E-state index contributed by atoms with van der Waals surface area (Å²) in [5.41, 5.74) is 3.66. The van der Waals surface area contributed by atoms with Crippen LogP contribution >= 0.6 is 23.2 Å². The molecule has 1 aliphatic heterocycles. The Morgan fingerprint density at radius 2 is 1.85 bits per heavy atom. The van der Waals surface area contributed by atoms with E-state index >= 15 is 0 Å². The standard InChI is InChI=1S/C16H15Cl2NO/c1-20-14-2-3-15-10(8-14)4-5-19-16(15)11-6-12(17)9-13(18)7-11/h2-3,6-9,16,19H,4-5H2,1H3. The van der Waals surface area contributed by atoms with Gasteiger partial charge >= 0.3 is 0 Å². The second-order valence-corrected chi connectivity index (χ2v) is 5.78. The fraction of sp³-hybridized carbons (Fsp3) is 0.250. The molecule has 2 nitrogen and oxygen atoms in total. The molecule has 4 heteroatoms. The molecule has 0 bridgehead atoms. The van der Waals surface area contributed by atoms with Crippen molar-refractivity contribution < 1.29 is 4.74 Å². The molecule has 0 spiro atoms. The zero-order chi connectivity index (χ0) is 14.1. The lowest BCUT2D eigenvalue weighted by Crippen LogP contribution is -2.30. The Labute approximate surface area is 128 Å². The maximum absolute atomic E-state index is 6.11. The molecule has 1 heterocycles. The number of nitrogens with one attached hydrogen (secondary N) is 1. The Hall–Kier alpha value is -1.22. The molecule has 3 rings (SSSR count). The van der Waals surface area contributed by atoms with Crippen LogP contribution in [0, 0.1) is 0 Å². The van der Waals surface area contributed by atoms with Gasteiger partial charge in [0.05, 0.1) is 13.2 Å². The minimum Gasteiger partial charge on any atom is -0.497 e. The van der Waals surface area contributed by atoms with Crippen molar-refractivity contribution in [3.05, 3.63) is 63.1 Å². The molecule has 0 radical (unpaired) electrons. The summed E-state index contributed by atoms with van der Waals surface area (Å²) in [5, 5.41) is 4.85. The smallest absolute Gasteiger partial charge is 0.119 e. The molecule has 0 fully saturated rings. The Morgan fingerprint density at radius 3 is 2.55 bits per heavy atom. The summed E-state index contributed by atoms with van der Waals surface area (Å²) >= 11 is 12.2. The van der Waals surface area contributed by atoms with Crippen molar-refractivity contribution in [2.24, 2.45) is 0 Å². The molecule has 0 aliphatic carbocycles. The van der Waals surface area contributed by atoms with Crippen molar-refractivity contribution >= 4 is 23.2 Å². The molecule has 2 aromatic carbocycles. The molecule has 0 saturated heterocycles. The highest BCUT2D eigenvalue weighted by Gasteiger charge is 2.22. The summed E-state index contributed by atoms with van der Waals surface area (Å²) in [4.78, 5) is 0. The molecule has 104 valence electrons. The minimum atomic E-state index is 0.126. The molecule has 0 aromatic heterocycles. The SMILES string of the molecule is COc1ccc2c(c1)CCNC2c1cc(Cl)cc(Cl)c1. The second kappa shape index (κ2) is 5.65. The lowest BCUT2D eigenvalue weighted by molar-refractivity contribution is 0.413. The summed E-state index contributed by atoms with van der Waals surface area (Å²) < 4.78 is 5.30. The van der Waals surface area contributed by atoms with Gasteiger partial charge in [-0.1, -0.05) is 29.3 Å². The largest absolute Gasteiger partial charge is 0.497 e. The summed E-state index contributed by atoms with van der Waals surface area (Å²) in [6.45, 7) is 0.926. The first-order chi connectivity index (χ1) is 9.67. The Kier molecular flexibility index (Phi) is 3.88. The number of fused-ring (bicyclic) bond motifs is 1. The average molecular weight is 308 g/mol. The van der Waals surface area contributed by atoms with Gasteiger partial charge in [0.15, 0.2) is 0 Å². The first-order valence-electron chi connectivity index (χ1n) is 6.53. The van der Waals surface area contributed by atoms with Gasteiger partial charge in [0.1, 0.15) is 5.75 Å². The van der Waals surface area contributed by atoms with Crippen LogP contribution in [0.25, 0.3) is 0 Å². The van der Waals surface area contributed by atoms with Crippen molar-refractivity contribution in [3.63, 3.8) is 0 Å². The number of benzene rings is 2. The van der Waals surface area contributed by atoms with E-state index in [1.54, 1.807) is 13.2 Å². The second-order valence-electron chi connectivity index (χ2n) is 4.90. The molecule has 1 atom stereocenters. The van der Waals surface area contributed by atoms with Crippen molar-refractivity contribution in [2.45, 2.75) is 12.5 Å². The topological polar surface area (TPSA) is 21.3 Å². The van der Waals surface area contributed by atoms with Gasteiger partial charge in [-0.3, -0.25) is 0 Å². The van der Waals surface area contributed by atoms with Crippen LogP contribution < -0.4 is 10.1 Å². The van der Waals surface area contributed by atoms with Gasteiger partial charge in [-0.25, -0.2) is 0 Å². The maximum Gasteiger partial charge on any atom is 0.119 e. The normalized spacial score (nSPS) is 17.6. The molecule has 1 N–H and O–H groups in total. The van der Waals surface area contributed by atoms with E-state index in [2.05, 4.69) is 17.4 Å². The summed E-state index contributed by atoms with van der Waals surface area (Å²) in [6, 6.07) is 12.0. The quantitative estimate of drug-likeness (QED) is 0.896. The number of ether oxygens (including phenoxy) is 1. The number of methoxy groups -OCH3 is 1. The summed E-state index contributed by atoms with van der Waals surface area (Å²) in [5.74, 6) is 0.897. The monoisotopic (exact) mass is 307 g/mol. The van der Waals surface area contributed by atoms with Crippen molar-refractivity contribution in [3.8, 4) is 5.75 Å². The average Bonchev–Trinajstić information content (AvgIpc) is 2.45. The lowest BCUT2D eigenvalue weighted by Gasteiger charge is -2.28. The lowest BCUT2D eigenvalue weighted by atomic mass is 9.90. The maximum atomic E-state index is 6.11. The number of hydrogen-bond acceptors (Lipinski definition) is 2. The first kappa shape index (κ1) is 13.7. The van der Waals surface area contributed by atoms with E-state index in [1.165, 1.54) is 11.1 Å². The number of rotatable bonds is 2.